The van der Waals surface area contributed by atoms with Crippen molar-refractivity contribution in [2.24, 2.45) is 0 Å². The van der Waals surface area contributed by atoms with Gasteiger partial charge in [-0.15, -0.1) is 0 Å². The zero-order valence-corrected chi connectivity index (χ0v) is 12.5. The molecule has 0 amide bonds. The van der Waals surface area contributed by atoms with E-state index < -0.39 is 38.1 Å². The van der Waals surface area contributed by atoms with Gasteiger partial charge in [-0.1, -0.05) is 0 Å². The van der Waals surface area contributed by atoms with Gasteiger partial charge in [0.1, 0.15) is 12.2 Å². The summed E-state index contributed by atoms with van der Waals surface area (Å²) in [6, 6.07) is 0. The van der Waals surface area contributed by atoms with Crippen LogP contribution >= 0.6 is 7.82 Å². The zero-order chi connectivity index (χ0) is 16.8. The molecular weight excluding hydrogens is 335 g/mol. The van der Waals surface area contributed by atoms with Gasteiger partial charge in [-0.2, -0.15) is 0 Å². The fraction of sp³-hybridized carbons (Fsp3) is 0.500. The standard InChI is InChI=1S/C10H13N4O8P/c1-20-23(18,19)22-10-6(16)5(15)9(21-10)14-3-13-4-7(14)11-2-12-8(4)17/h2-3,5-6,9-10,15-16H,1H3,(H,18,19)(H,11,12,17). The first-order chi connectivity index (χ1) is 10.8. The molecule has 5 atom stereocenters. The smallest absolute Gasteiger partial charge is 0.385 e. The maximum atomic E-state index is 11.6. The number of phosphoric ester groups is 1. The molecule has 3 rings (SSSR count). The number of aliphatic hydroxyl groups excluding tert-OH is 2. The molecule has 0 saturated carbocycles. The summed E-state index contributed by atoms with van der Waals surface area (Å²) in [6.07, 6.45) is -3.67. The van der Waals surface area contributed by atoms with E-state index in [9.17, 15) is 24.5 Å². The fourth-order valence-electron chi connectivity index (χ4n) is 2.17. The molecule has 12 nitrogen and oxygen atoms in total. The molecule has 0 bridgehead atoms. The van der Waals surface area contributed by atoms with E-state index in [0.717, 1.165) is 13.4 Å². The SMILES string of the molecule is COP(=O)(O)OC1OC(n2cnc3c(=O)[nH]cnc32)C(O)C1O. The van der Waals surface area contributed by atoms with Crippen LogP contribution in [0.15, 0.2) is 17.4 Å². The molecule has 1 aliphatic rings. The quantitative estimate of drug-likeness (QED) is 0.475. The molecular formula is C10H13N4O8P. The topological polar surface area (TPSA) is 169 Å². The third kappa shape index (κ3) is 2.81. The van der Waals surface area contributed by atoms with Crippen LogP contribution < -0.4 is 5.56 Å². The van der Waals surface area contributed by atoms with Crippen LogP contribution in [0.1, 0.15) is 6.23 Å². The molecule has 3 heterocycles. The molecule has 2 aromatic rings. The lowest BCUT2D eigenvalue weighted by Gasteiger charge is -2.17. The lowest BCUT2D eigenvalue weighted by Crippen LogP contribution is -2.32. The van der Waals surface area contributed by atoms with Crippen molar-refractivity contribution in [1.29, 1.82) is 0 Å². The Morgan fingerprint density at radius 2 is 2.13 bits per heavy atom. The Hall–Kier alpha value is -1.66. The third-order valence-electron chi connectivity index (χ3n) is 3.30. The number of fused-ring (bicyclic) bond motifs is 1. The van der Waals surface area contributed by atoms with Crippen molar-refractivity contribution >= 4 is 19.0 Å². The van der Waals surface area contributed by atoms with Crippen LogP contribution in [-0.2, 0) is 18.3 Å². The lowest BCUT2D eigenvalue weighted by molar-refractivity contribution is -0.135. The van der Waals surface area contributed by atoms with E-state index in [1.807, 2.05) is 0 Å². The number of imidazole rings is 1. The van der Waals surface area contributed by atoms with Crippen molar-refractivity contribution in [3.05, 3.63) is 23.0 Å². The molecule has 5 unspecified atom stereocenters. The number of aromatic amines is 1. The number of rotatable bonds is 4. The third-order valence-corrected chi connectivity index (χ3v) is 4.24. The number of hydrogen-bond donors (Lipinski definition) is 4. The Balaban J connectivity index is 1.93. The van der Waals surface area contributed by atoms with Gasteiger partial charge in [-0.25, -0.2) is 14.5 Å². The number of H-pyrrole nitrogens is 1. The highest BCUT2D eigenvalue weighted by atomic mass is 31.2. The minimum atomic E-state index is -4.44. The summed E-state index contributed by atoms with van der Waals surface area (Å²) in [5.41, 5.74) is -0.384. The number of nitrogens with zero attached hydrogens (tertiary/aromatic N) is 3. The van der Waals surface area contributed by atoms with E-state index in [1.54, 1.807) is 0 Å². The van der Waals surface area contributed by atoms with E-state index in [-0.39, 0.29) is 11.2 Å². The number of aliphatic hydroxyl groups is 2. The summed E-state index contributed by atoms with van der Waals surface area (Å²) >= 11 is 0. The van der Waals surface area contributed by atoms with Crippen LogP contribution in [0.4, 0.5) is 0 Å². The van der Waals surface area contributed by atoms with Gasteiger partial charge in [0.25, 0.3) is 5.56 Å². The van der Waals surface area contributed by atoms with Gasteiger partial charge in [0.2, 0.25) is 0 Å². The van der Waals surface area contributed by atoms with Crippen LogP contribution in [0, 0.1) is 0 Å². The largest absolute Gasteiger partial charge is 0.474 e. The van der Waals surface area contributed by atoms with Gasteiger partial charge in [-0.05, 0) is 0 Å². The molecule has 23 heavy (non-hydrogen) atoms. The second-order valence-electron chi connectivity index (χ2n) is 4.69. The molecule has 4 N–H and O–H groups in total. The Kier molecular flexibility index (Phi) is 4.06. The molecule has 0 aliphatic carbocycles. The maximum absolute atomic E-state index is 11.6. The fourth-order valence-corrected chi connectivity index (χ4v) is 2.69. The van der Waals surface area contributed by atoms with E-state index in [2.05, 4.69) is 24.0 Å². The van der Waals surface area contributed by atoms with E-state index in [4.69, 9.17) is 4.74 Å². The summed E-state index contributed by atoms with van der Waals surface area (Å²) in [4.78, 5) is 31.0. The molecule has 1 fully saturated rings. The summed E-state index contributed by atoms with van der Waals surface area (Å²) in [5, 5.41) is 20.0. The molecule has 1 saturated heterocycles. The number of phosphoric acid groups is 1. The first-order valence-electron chi connectivity index (χ1n) is 6.33. The maximum Gasteiger partial charge on any atom is 0.474 e. The van der Waals surface area contributed by atoms with Gasteiger partial charge < -0.3 is 24.8 Å². The van der Waals surface area contributed by atoms with Gasteiger partial charge in [0.15, 0.2) is 23.7 Å². The number of nitrogens with one attached hydrogen (secondary N) is 1. The molecule has 126 valence electrons. The molecule has 0 aromatic carbocycles. The number of hydrogen-bond acceptors (Lipinski definition) is 9. The highest BCUT2D eigenvalue weighted by Gasteiger charge is 2.47. The van der Waals surface area contributed by atoms with E-state index >= 15 is 0 Å². The highest BCUT2D eigenvalue weighted by Crippen LogP contribution is 2.47. The first kappa shape index (κ1) is 16.2. The van der Waals surface area contributed by atoms with Gasteiger partial charge in [0.05, 0.1) is 12.7 Å². The molecule has 1 aliphatic heterocycles. The monoisotopic (exact) mass is 348 g/mol. The van der Waals surface area contributed by atoms with Crippen LogP contribution in [0.3, 0.4) is 0 Å². The predicted molar refractivity (Wildman–Crippen MR) is 72.0 cm³/mol. The number of ether oxygens (including phenoxy) is 1. The van der Waals surface area contributed by atoms with Crippen molar-refractivity contribution in [2.45, 2.75) is 24.7 Å². The summed E-state index contributed by atoms with van der Waals surface area (Å²) < 4.78 is 26.7. The highest BCUT2D eigenvalue weighted by molar-refractivity contribution is 7.47. The van der Waals surface area contributed by atoms with Gasteiger partial charge in [-0.3, -0.25) is 18.4 Å². The van der Waals surface area contributed by atoms with Crippen LogP contribution in [0.25, 0.3) is 11.2 Å². The first-order valence-corrected chi connectivity index (χ1v) is 7.82. The summed E-state index contributed by atoms with van der Waals surface area (Å²) in [6.45, 7) is 0. The van der Waals surface area contributed by atoms with Gasteiger partial charge in [0, 0.05) is 7.11 Å². The average molecular weight is 348 g/mol. The van der Waals surface area contributed by atoms with Crippen molar-refractivity contribution in [3.8, 4) is 0 Å². The van der Waals surface area contributed by atoms with Crippen molar-refractivity contribution < 1.29 is 33.5 Å². The summed E-state index contributed by atoms with van der Waals surface area (Å²) in [7, 11) is -3.50. The molecule has 13 heteroatoms. The second-order valence-corrected chi connectivity index (χ2v) is 6.20. The Labute approximate surface area is 127 Å². The molecule has 2 aromatic heterocycles. The minimum Gasteiger partial charge on any atom is -0.385 e. The second kappa shape index (κ2) is 5.76. The Bertz CT molecular complexity index is 821. The lowest BCUT2D eigenvalue weighted by atomic mass is 10.2. The molecule has 0 radical (unpaired) electrons. The van der Waals surface area contributed by atoms with Crippen molar-refractivity contribution in [3.63, 3.8) is 0 Å². The molecule has 0 spiro atoms. The number of aromatic nitrogens is 4. The van der Waals surface area contributed by atoms with E-state index in [0.29, 0.717) is 0 Å². The van der Waals surface area contributed by atoms with Crippen LogP contribution in [-0.4, -0.2) is 60.2 Å². The minimum absolute atomic E-state index is 0.00637. The summed E-state index contributed by atoms with van der Waals surface area (Å²) in [5.74, 6) is 0. The van der Waals surface area contributed by atoms with Gasteiger partial charge >= 0.3 is 7.82 Å². The Morgan fingerprint density at radius 3 is 2.83 bits per heavy atom. The van der Waals surface area contributed by atoms with Crippen molar-refractivity contribution in [1.82, 2.24) is 19.5 Å². The zero-order valence-electron chi connectivity index (χ0n) is 11.6. The Morgan fingerprint density at radius 1 is 1.39 bits per heavy atom. The normalized spacial score (nSPS) is 30.6. The van der Waals surface area contributed by atoms with E-state index in [1.165, 1.54) is 10.9 Å². The average Bonchev–Trinajstić information content (AvgIpc) is 3.05. The van der Waals surface area contributed by atoms with Crippen LogP contribution in [0.2, 0.25) is 0 Å². The van der Waals surface area contributed by atoms with Crippen molar-refractivity contribution in [2.75, 3.05) is 7.11 Å². The van der Waals surface area contributed by atoms with Crippen LogP contribution in [0.5, 0.6) is 0 Å². The predicted octanol–water partition coefficient (Wildman–Crippen LogP) is -1.54.